The highest BCUT2D eigenvalue weighted by Gasteiger charge is 2.33. The highest BCUT2D eigenvalue weighted by atomic mass is 19.4. The number of aliphatic hydroxyl groups excluding tert-OH is 1. The van der Waals surface area contributed by atoms with Crippen LogP contribution >= 0.6 is 0 Å². The lowest BCUT2D eigenvalue weighted by atomic mass is 10.3. The van der Waals surface area contributed by atoms with Gasteiger partial charge in [0.25, 0.3) is 0 Å². The van der Waals surface area contributed by atoms with Crippen molar-refractivity contribution < 1.29 is 18.3 Å². The number of aliphatic hydroxyl groups is 1. The molecule has 0 bridgehead atoms. The number of aromatic nitrogens is 2. The number of rotatable bonds is 6. The van der Waals surface area contributed by atoms with Crippen molar-refractivity contribution in [2.45, 2.75) is 24.9 Å². The van der Waals surface area contributed by atoms with Gasteiger partial charge in [-0.15, -0.1) is 0 Å². The molecule has 0 radical (unpaired) electrons. The predicted molar refractivity (Wildman–Crippen MR) is 68.9 cm³/mol. The Morgan fingerprint density at radius 2 is 2.10 bits per heavy atom. The number of nitrogens with one attached hydrogen (secondary N) is 1. The van der Waals surface area contributed by atoms with Crippen molar-refractivity contribution >= 4 is 11.6 Å². The van der Waals surface area contributed by atoms with Crippen molar-refractivity contribution in [2.75, 3.05) is 37.0 Å². The van der Waals surface area contributed by atoms with Crippen molar-refractivity contribution in [1.82, 2.24) is 9.97 Å². The molecule has 0 amide bonds. The summed E-state index contributed by atoms with van der Waals surface area (Å²) in [5.41, 5.74) is 0. The van der Waals surface area contributed by atoms with Crippen molar-refractivity contribution in [3.63, 3.8) is 0 Å². The minimum absolute atomic E-state index is 0.121. The van der Waals surface area contributed by atoms with Gasteiger partial charge in [0.1, 0.15) is 24.0 Å². The highest BCUT2D eigenvalue weighted by Crippen LogP contribution is 2.39. The summed E-state index contributed by atoms with van der Waals surface area (Å²) in [4.78, 5) is 9.49. The molecule has 112 valence electrons. The fraction of sp³-hybridized carbons (Fsp3) is 0.667. The van der Waals surface area contributed by atoms with E-state index < -0.39 is 12.7 Å². The van der Waals surface area contributed by atoms with Crippen molar-refractivity contribution in [1.29, 1.82) is 0 Å². The Balaban J connectivity index is 2.28. The first-order chi connectivity index (χ1) is 9.43. The van der Waals surface area contributed by atoms with Crippen LogP contribution in [-0.2, 0) is 0 Å². The third-order valence-electron chi connectivity index (χ3n) is 2.99. The second-order valence-corrected chi connectivity index (χ2v) is 4.75. The van der Waals surface area contributed by atoms with Gasteiger partial charge in [-0.2, -0.15) is 13.2 Å². The van der Waals surface area contributed by atoms with Crippen LogP contribution in [0.5, 0.6) is 0 Å². The molecular weight excluding hydrogens is 273 g/mol. The van der Waals surface area contributed by atoms with Crippen LogP contribution in [0.2, 0.25) is 0 Å². The molecule has 20 heavy (non-hydrogen) atoms. The van der Waals surface area contributed by atoms with E-state index in [0.717, 1.165) is 17.7 Å². The fourth-order valence-electron chi connectivity index (χ4n) is 1.88. The van der Waals surface area contributed by atoms with E-state index in [1.165, 1.54) is 6.07 Å². The van der Waals surface area contributed by atoms with E-state index in [1.807, 2.05) is 0 Å². The van der Waals surface area contributed by atoms with Crippen LogP contribution in [0.25, 0.3) is 0 Å². The molecule has 0 spiro atoms. The molecule has 0 aromatic carbocycles. The van der Waals surface area contributed by atoms with E-state index in [2.05, 4.69) is 15.3 Å². The summed E-state index contributed by atoms with van der Waals surface area (Å²) >= 11 is 0. The summed E-state index contributed by atoms with van der Waals surface area (Å²) in [5.74, 6) is 1.49. The van der Waals surface area contributed by atoms with Crippen molar-refractivity contribution in [3.8, 4) is 0 Å². The van der Waals surface area contributed by atoms with Gasteiger partial charge in [0.15, 0.2) is 0 Å². The van der Waals surface area contributed by atoms with Crippen molar-refractivity contribution in [3.05, 3.63) is 11.9 Å². The molecule has 1 aliphatic rings. The number of alkyl halides is 3. The molecule has 5 nitrogen and oxygen atoms in total. The van der Waals surface area contributed by atoms with Crippen molar-refractivity contribution in [2.24, 2.45) is 0 Å². The van der Waals surface area contributed by atoms with E-state index in [-0.39, 0.29) is 24.9 Å². The summed E-state index contributed by atoms with van der Waals surface area (Å²) in [5, 5.41) is 11.8. The molecule has 8 heteroatoms. The molecule has 1 aromatic rings. The van der Waals surface area contributed by atoms with Gasteiger partial charge >= 0.3 is 6.18 Å². The first-order valence-corrected chi connectivity index (χ1v) is 6.42. The Hall–Kier alpha value is -1.57. The summed E-state index contributed by atoms with van der Waals surface area (Å²) in [6.07, 6.45) is -2.42. The topological polar surface area (TPSA) is 61.3 Å². The first-order valence-electron chi connectivity index (χ1n) is 6.42. The average molecular weight is 290 g/mol. The summed E-state index contributed by atoms with van der Waals surface area (Å²) < 4.78 is 37.8. The third-order valence-corrected chi connectivity index (χ3v) is 2.99. The molecule has 2 N–H and O–H groups in total. The zero-order valence-electron chi connectivity index (χ0n) is 11.1. The molecule has 1 aliphatic carbocycles. The molecule has 1 heterocycles. The summed E-state index contributed by atoms with van der Waals surface area (Å²) in [6.45, 7) is -1.63. The Labute approximate surface area is 114 Å². The van der Waals surface area contributed by atoms with Crippen LogP contribution in [-0.4, -0.2) is 48.0 Å². The lowest BCUT2D eigenvalue weighted by Crippen LogP contribution is -2.37. The lowest BCUT2D eigenvalue weighted by Gasteiger charge is -2.24. The maximum absolute atomic E-state index is 12.6. The van der Waals surface area contributed by atoms with Gasteiger partial charge in [0.2, 0.25) is 0 Å². The zero-order valence-corrected chi connectivity index (χ0v) is 11.1. The van der Waals surface area contributed by atoms with E-state index in [1.54, 1.807) is 7.05 Å². The van der Waals surface area contributed by atoms with Crippen LogP contribution in [0.4, 0.5) is 24.8 Å². The fourth-order valence-corrected chi connectivity index (χ4v) is 1.88. The Morgan fingerprint density at radius 3 is 2.60 bits per heavy atom. The minimum Gasteiger partial charge on any atom is -0.395 e. The van der Waals surface area contributed by atoms with Gasteiger partial charge in [-0.1, -0.05) is 0 Å². The van der Waals surface area contributed by atoms with Gasteiger partial charge in [-0.05, 0) is 12.8 Å². The highest BCUT2D eigenvalue weighted by molar-refractivity contribution is 5.50. The summed E-state index contributed by atoms with van der Waals surface area (Å²) in [6, 6.07) is 1.47. The van der Waals surface area contributed by atoms with Crippen LogP contribution < -0.4 is 10.2 Å². The zero-order chi connectivity index (χ0) is 14.8. The Morgan fingerprint density at radius 1 is 1.40 bits per heavy atom. The molecule has 0 atom stereocenters. The normalized spacial score (nSPS) is 15.2. The summed E-state index contributed by atoms with van der Waals surface area (Å²) in [7, 11) is 1.66. The van der Waals surface area contributed by atoms with Gasteiger partial charge in [0, 0.05) is 25.6 Å². The average Bonchev–Trinajstić information content (AvgIpc) is 3.20. The molecule has 0 saturated heterocycles. The smallest absolute Gasteiger partial charge is 0.395 e. The molecule has 0 aliphatic heterocycles. The monoisotopic (exact) mass is 290 g/mol. The van der Waals surface area contributed by atoms with E-state index in [0.29, 0.717) is 11.6 Å². The Bertz CT molecular complexity index is 463. The SMILES string of the molecule is CNc1cc(N(CCO)CC(F)(F)F)nc(C2CC2)n1. The number of nitrogens with zero attached hydrogens (tertiary/aromatic N) is 3. The minimum atomic E-state index is -4.35. The van der Waals surface area contributed by atoms with Crippen LogP contribution in [0.1, 0.15) is 24.6 Å². The van der Waals surface area contributed by atoms with E-state index in [4.69, 9.17) is 5.11 Å². The molecule has 0 unspecified atom stereocenters. The quantitative estimate of drug-likeness (QED) is 0.836. The third kappa shape index (κ3) is 3.96. The van der Waals surface area contributed by atoms with Crippen LogP contribution in [0, 0.1) is 0 Å². The molecule has 1 fully saturated rings. The second kappa shape index (κ2) is 5.82. The lowest BCUT2D eigenvalue weighted by molar-refractivity contribution is -0.120. The van der Waals surface area contributed by atoms with Gasteiger partial charge in [0.05, 0.1) is 6.61 Å². The van der Waals surface area contributed by atoms with Gasteiger partial charge < -0.3 is 15.3 Å². The van der Waals surface area contributed by atoms with E-state index in [9.17, 15) is 13.2 Å². The standard InChI is InChI=1S/C12H17F3N4O/c1-16-9-6-10(18-11(17-9)8-2-3-8)19(4-5-20)7-12(13,14)15/h6,8,20H,2-5,7H2,1H3,(H,16,17,18). The number of hydrogen-bond acceptors (Lipinski definition) is 5. The van der Waals surface area contributed by atoms with Crippen LogP contribution in [0.3, 0.4) is 0 Å². The predicted octanol–water partition coefficient (Wildman–Crippen LogP) is 1.76. The van der Waals surface area contributed by atoms with E-state index >= 15 is 0 Å². The largest absolute Gasteiger partial charge is 0.405 e. The molecule has 1 saturated carbocycles. The molecular formula is C12H17F3N4O. The van der Waals surface area contributed by atoms with Crippen LogP contribution in [0.15, 0.2) is 6.07 Å². The first kappa shape index (κ1) is 14.8. The number of anilines is 2. The molecule has 2 rings (SSSR count). The maximum atomic E-state index is 12.6. The van der Waals surface area contributed by atoms with Gasteiger partial charge in [-0.3, -0.25) is 0 Å². The maximum Gasteiger partial charge on any atom is 0.405 e. The number of halogens is 3. The second-order valence-electron chi connectivity index (χ2n) is 4.75. The molecule has 1 aromatic heterocycles. The van der Waals surface area contributed by atoms with Gasteiger partial charge in [-0.25, -0.2) is 9.97 Å². The Kier molecular flexibility index (Phi) is 4.32. The number of hydrogen-bond donors (Lipinski definition) is 2.